The lowest BCUT2D eigenvalue weighted by atomic mass is 9.95. The van der Waals surface area contributed by atoms with Gasteiger partial charge in [-0.05, 0) is 65.1 Å². The highest BCUT2D eigenvalue weighted by atomic mass is 19.1. The van der Waals surface area contributed by atoms with Gasteiger partial charge in [-0.15, -0.1) is 10.2 Å². The molecule has 5 aromatic rings. The molecular formula is C29H26FN7O. The first-order valence-electron chi connectivity index (χ1n) is 12.3. The molecule has 8 nitrogen and oxygen atoms in total. The van der Waals surface area contributed by atoms with Crippen LogP contribution in [-0.2, 0) is 20.6 Å². The number of hydrogen-bond donors (Lipinski definition) is 0. The fourth-order valence-corrected chi connectivity index (χ4v) is 5.06. The second-order valence-corrected chi connectivity index (χ2v) is 9.79. The van der Waals surface area contributed by atoms with Gasteiger partial charge in [-0.1, -0.05) is 25.1 Å². The summed E-state index contributed by atoms with van der Waals surface area (Å²) in [5, 5.41) is 12.4. The van der Waals surface area contributed by atoms with Crippen molar-refractivity contribution in [3.8, 4) is 22.5 Å². The standard InChI is InChI=1S/C29H26FN7O/c1-17-9-21(18(2)22-13-32-36(4)14-22)11-27(33-17)37-15-20-6-5-19(10-25(20)29(37)38)24-8-7-23(30)12-26(24)28-34-31-16-35(28)3/h5-14,16,18H,15H2,1-4H3. The molecule has 0 N–H and O–H groups in total. The Labute approximate surface area is 219 Å². The molecule has 38 heavy (non-hydrogen) atoms. The van der Waals surface area contributed by atoms with Crippen LogP contribution in [0.1, 0.15) is 45.6 Å². The Morgan fingerprint density at radius 1 is 0.974 bits per heavy atom. The summed E-state index contributed by atoms with van der Waals surface area (Å²) in [5.74, 6) is 0.805. The molecule has 0 bridgehead atoms. The van der Waals surface area contributed by atoms with Crippen molar-refractivity contribution in [1.82, 2.24) is 29.5 Å². The smallest absolute Gasteiger partial charge is 0.260 e. The highest BCUT2D eigenvalue weighted by molar-refractivity contribution is 6.10. The van der Waals surface area contributed by atoms with E-state index in [1.165, 1.54) is 12.1 Å². The quantitative estimate of drug-likeness (QED) is 0.333. The summed E-state index contributed by atoms with van der Waals surface area (Å²) in [6.45, 7) is 4.50. The number of benzene rings is 2. The van der Waals surface area contributed by atoms with Gasteiger partial charge >= 0.3 is 0 Å². The average Bonchev–Trinajstić information content (AvgIpc) is 3.61. The molecule has 0 saturated heterocycles. The fraction of sp³-hybridized carbons (Fsp3) is 0.207. The van der Waals surface area contributed by atoms with E-state index in [4.69, 9.17) is 4.98 Å². The number of carbonyl (C=O) groups excluding carboxylic acids is 1. The molecule has 3 aromatic heterocycles. The van der Waals surface area contributed by atoms with Gasteiger partial charge in [0.15, 0.2) is 5.82 Å². The third kappa shape index (κ3) is 4.06. The number of anilines is 1. The number of pyridine rings is 1. The molecular weight excluding hydrogens is 481 g/mol. The van der Waals surface area contributed by atoms with Gasteiger partial charge in [0.25, 0.3) is 5.91 Å². The summed E-state index contributed by atoms with van der Waals surface area (Å²) < 4.78 is 17.7. The van der Waals surface area contributed by atoms with Crippen molar-refractivity contribution in [2.75, 3.05) is 4.90 Å². The Bertz CT molecular complexity index is 1700. The summed E-state index contributed by atoms with van der Waals surface area (Å²) >= 11 is 0. The molecule has 0 aliphatic carbocycles. The molecule has 1 aliphatic heterocycles. The van der Waals surface area contributed by atoms with Gasteiger partial charge in [-0.2, -0.15) is 5.10 Å². The Kier molecular flexibility index (Phi) is 5.63. The van der Waals surface area contributed by atoms with Crippen LogP contribution in [0.2, 0.25) is 0 Å². The van der Waals surface area contributed by atoms with Crippen molar-refractivity contribution in [2.24, 2.45) is 14.1 Å². The Morgan fingerprint density at radius 2 is 1.82 bits per heavy atom. The second kappa shape index (κ2) is 9.02. The minimum atomic E-state index is -0.364. The van der Waals surface area contributed by atoms with Gasteiger partial charge in [0, 0.05) is 43.0 Å². The van der Waals surface area contributed by atoms with Crippen LogP contribution in [0.4, 0.5) is 10.2 Å². The number of fused-ring (bicyclic) bond motifs is 1. The van der Waals surface area contributed by atoms with Crippen LogP contribution in [0.25, 0.3) is 22.5 Å². The van der Waals surface area contributed by atoms with E-state index in [2.05, 4.69) is 28.3 Å². The lowest BCUT2D eigenvalue weighted by molar-refractivity contribution is 0.0996. The first-order chi connectivity index (χ1) is 18.3. The predicted octanol–water partition coefficient (Wildman–Crippen LogP) is 5.04. The molecule has 1 aliphatic rings. The normalized spacial score (nSPS) is 13.7. The van der Waals surface area contributed by atoms with Crippen LogP contribution >= 0.6 is 0 Å². The Hall–Kier alpha value is -4.66. The monoisotopic (exact) mass is 507 g/mol. The molecule has 6 rings (SSSR count). The van der Waals surface area contributed by atoms with E-state index in [-0.39, 0.29) is 17.6 Å². The van der Waals surface area contributed by atoms with E-state index in [0.29, 0.717) is 29.3 Å². The molecule has 4 heterocycles. The Balaban J connectivity index is 1.36. The van der Waals surface area contributed by atoms with Crippen molar-refractivity contribution in [1.29, 1.82) is 0 Å². The van der Waals surface area contributed by atoms with Gasteiger partial charge in [0.1, 0.15) is 18.0 Å². The molecule has 0 spiro atoms. The zero-order valence-corrected chi connectivity index (χ0v) is 21.6. The largest absolute Gasteiger partial charge is 0.317 e. The highest BCUT2D eigenvalue weighted by Gasteiger charge is 2.31. The molecule has 1 atom stereocenters. The predicted molar refractivity (Wildman–Crippen MR) is 142 cm³/mol. The topological polar surface area (TPSA) is 81.7 Å². The molecule has 190 valence electrons. The van der Waals surface area contributed by atoms with Crippen molar-refractivity contribution >= 4 is 11.7 Å². The average molecular weight is 508 g/mol. The van der Waals surface area contributed by atoms with Gasteiger partial charge in [-0.25, -0.2) is 9.37 Å². The zero-order chi connectivity index (χ0) is 26.6. The van der Waals surface area contributed by atoms with Crippen molar-refractivity contribution in [2.45, 2.75) is 26.3 Å². The van der Waals surface area contributed by atoms with Crippen LogP contribution in [0.5, 0.6) is 0 Å². The SMILES string of the molecule is Cc1cc(C(C)c2cnn(C)c2)cc(N2Cc3ccc(-c4ccc(F)cc4-c4nncn4C)cc3C2=O)n1. The first-order valence-corrected chi connectivity index (χ1v) is 12.3. The maximum absolute atomic E-state index is 14.2. The molecule has 1 amide bonds. The van der Waals surface area contributed by atoms with E-state index in [9.17, 15) is 9.18 Å². The van der Waals surface area contributed by atoms with Crippen LogP contribution < -0.4 is 4.90 Å². The minimum absolute atomic E-state index is 0.105. The van der Waals surface area contributed by atoms with Crippen LogP contribution in [-0.4, -0.2) is 35.4 Å². The van der Waals surface area contributed by atoms with E-state index < -0.39 is 0 Å². The fourth-order valence-electron chi connectivity index (χ4n) is 5.06. The molecule has 0 saturated carbocycles. The number of aryl methyl sites for hydroxylation is 3. The first kappa shape index (κ1) is 23.7. The second-order valence-electron chi connectivity index (χ2n) is 9.79. The van der Waals surface area contributed by atoms with Crippen LogP contribution in [0.15, 0.2) is 67.3 Å². The molecule has 0 radical (unpaired) electrons. The highest BCUT2D eigenvalue weighted by Crippen LogP contribution is 2.36. The number of nitrogens with zero attached hydrogens (tertiary/aromatic N) is 7. The summed E-state index contributed by atoms with van der Waals surface area (Å²) in [5.41, 5.74) is 6.75. The third-order valence-electron chi connectivity index (χ3n) is 7.12. The van der Waals surface area contributed by atoms with Gasteiger partial charge in [-0.3, -0.25) is 14.4 Å². The van der Waals surface area contributed by atoms with Crippen molar-refractivity contribution < 1.29 is 9.18 Å². The van der Waals surface area contributed by atoms with Crippen molar-refractivity contribution in [3.63, 3.8) is 0 Å². The summed E-state index contributed by atoms with van der Waals surface area (Å²) in [7, 11) is 3.71. The maximum atomic E-state index is 14.2. The third-order valence-corrected chi connectivity index (χ3v) is 7.12. The lowest BCUT2D eigenvalue weighted by Gasteiger charge is -2.18. The maximum Gasteiger partial charge on any atom is 0.260 e. The van der Waals surface area contributed by atoms with Crippen LogP contribution in [0, 0.1) is 12.7 Å². The number of amides is 1. The number of carbonyl (C=O) groups is 1. The summed E-state index contributed by atoms with van der Waals surface area (Å²) in [4.78, 5) is 20.1. The van der Waals surface area contributed by atoms with E-state index in [1.807, 2.05) is 57.7 Å². The number of hydrogen-bond acceptors (Lipinski definition) is 5. The van der Waals surface area contributed by atoms with Gasteiger partial charge in [0.2, 0.25) is 0 Å². The molecule has 9 heteroatoms. The van der Waals surface area contributed by atoms with E-state index >= 15 is 0 Å². The number of halogens is 1. The number of rotatable bonds is 5. The van der Waals surface area contributed by atoms with Gasteiger partial charge in [0.05, 0.1) is 12.7 Å². The molecule has 1 unspecified atom stereocenters. The van der Waals surface area contributed by atoms with Crippen molar-refractivity contribution in [3.05, 3.63) is 101 Å². The van der Waals surface area contributed by atoms with E-state index in [1.54, 1.807) is 26.5 Å². The summed E-state index contributed by atoms with van der Waals surface area (Å²) in [6.07, 6.45) is 5.44. The van der Waals surface area contributed by atoms with Crippen LogP contribution in [0.3, 0.4) is 0 Å². The van der Waals surface area contributed by atoms with Gasteiger partial charge < -0.3 is 4.57 Å². The zero-order valence-electron chi connectivity index (χ0n) is 21.6. The Morgan fingerprint density at radius 3 is 2.55 bits per heavy atom. The molecule has 0 fully saturated rings. The lowest BCUT2D eigenvalue weighted by Crippen LogP contribution is -2.24. The number of aromatic nitrogens is 6. The minimum Gasteiger partial charge on any atom is -0.317 e. The molecule has 2 aromatic carbocycles. The van der Waals surface area contributed by atoms with E-state index in [0.717, 1.165) is 33.5 Å². The summed E-state index contributed by atoms with van der Waals surface area (Å²) in [6, 6.07) is 14.4.